The number of hydrogen-bond acceptors (Lipinski definition) is 3. The molecule has 1 aliphatic rings. The largest absolute Gasteiger partial charge is 0.329 e. The van der Waals surface area contributed by atoms with Crippen molar-refractivity contribution in [2.45, 2.75) is 32.7 Å². The van der Waals surface area contributed by atoms with E-state index in [9.17, 15) is 4.79 Å². The number of nitrogens with two attached hydrogens (primary N) is 1. The zero-order valence-corrected chi connectivity index (χ0v) is 14.7. The molecule has 0 radical (unpaired) electrons. The normalized spacial score (nSPS) is 22.0. The van der Waals surface area contributed by atoms with Crippen LogP contribution in [0.1, 0.15) is 25.3 Å². The third-order valence-electron chi connectivity index (χ3n) is 4.18. The van der Waals surface area contributed by atoms with E-state index >= 15 is 0 Å². The third-order valence-corrected chi connectivity index (χ3v) is 4.42. The zero-order valence-electron chi connectivity index (χ0n) is 13.1. The van der Waals surface area contributed by atoms with Crippen molar-refractivity contribution in [1.82, 2.24) is 4.90 Å². The molecule has 2 rings (SSSR count). The van der Waals surface area contributed by atoms with Crippen LogP contribution in [0, 0.1) is 12.8 Å². The molecule has 6 heteroatoms. The van der Waals surface area contributed by atoms with E-state index < -0.39 is 0 Å². The van der Waals surface area contributed by atoms with Crippen LogP contribution < -0.4 is 11.1 Å². The number of carbonyl (C=O) groups is 1. The highest BCUT2D eigenvalue weighted by Crippen LogP contribution is 2.22. The van der Waals surface area contributed by atoms with E-state index in [2.05, 4.69) is 17.1 Å². The summed E-state index contributed by atoms with van der Waals surface area (Å²) < 4.78 is 0. The molecule has 0 bridgehead atoms. The number of likely N-dealkylation sites (tertiary alicyclic amines) is 1. The van der Waals surface area contributed by atoms with Gasteiger partial charge in [0.25, 0.3) is 0 Å². The van der Waals surface area contributed by atoms with E-state index in [-0.39, 0.29) is 18.3 Å². The molecular formula is C16H25Cl2N3O. The Hall–Kier alpha value is -0.810. The van der Waals surface area contributed by atoms with Crippen LogP contribution in [0.15, 0.2) is 18.2 Å². The Balaban J connectivity index is 0.00000242. The number of amides is 1. The third kappa shape index (κ3) is 5.13. The van der Waals surface area contributed by atoms with Crippen molar-refractivity contribution >= 4 is 35.6 Å². The fourth-order valence-corrected chi connectivity index (χ4v) is 3.12. The lowest BCUT2D eigenvalue weighted by Gasteiger charge is -2.37. The van der Waals surface area contributed by atoms with Crippen molar-refractivity contribution in [2.75, 3.05) is 25.0 Å². The van der Waals surface area contributed by atoms with Crippen LogP contribution in [-0.4, -0.2) is 36.5 Å². The number of benzene rings is 1. The molecule has 0 aliphatic carbocycles. The molecule has 2 atom stereocenters. The smallest absolute Gasteiger partial charge is 0.238 e. The van der Waals surface area contributed by atoms with Gasteiger partial charge in [-0.3, -0.25) is 9.69 Å². The van der Waals surface area contributed by atoms with Crippen molar-refractivity contribution < 1.29 is 4.79 Å². The minimum Gasteiger partial charge on any atom is -0.329 e. The Morgan fingerprint density at radius 3 is 2.86 bits per heavy atom. The van der Waals surface area contributed by atoms with E-state index in [4.69, 9.17) is 17.3 Å². The van der Waals surface area contributed by atoms with Gasteiger partial charge in [-0.05, 0) is 56.0 Å². The average Bonchev–Trinajstić information content (AvgIpc) is 2.44. The van der Waals surface area contributed by atoms with E-state index in [1.54, 1.807) is 6.07 Å². The second kappa shape index (κ2) is 8.73. The topological polar surface area (TPSA) is 58.4 Å². The minimum atomic E-state index is 0. The van der Waals surface area contributed by atoms with Crippen LogP contribution in [0.25, 0.3) is 0 Å². The Morgan fingerprint density at radius 1 is 1.50 bits per heavy atom. The fraction of sp³-hybridized carbons (Fsp3) is 0.562. The van der Waals surface area contributed by atoms with E-state index in [1.807, 2.05) is 19.1 Å². The van der Waals surface area contributed by atoms with Gasteiger partial charge < -0.3 is 11.1 Å². The molecule has 0 saturated carbocycles. The fourth-order valence-electron chi connectivity index (χ4n) is 2.90. The number of nitrogens with zero attached hydrogens (tertiary/aromatic N) is 1. The molecule has 124 valence electrons. The SMILES string of the molecule is Cc1cc(Cl)ccc1NC(=O)CN1CCC(C)CC1CN.Cl. The van der Waals surface area contributed by atoms with Crippen molar-refractivity contribution in [3.63, 3.8) is 0 Å². The standard InChI is InChI=1S/C16H24ClN3O.ClH/c1-11-5-6-20(14(7-11)9-18)10-16(21)19-15-4-3-13(17)8-12(15)2;/h3-4,8,11,14H,5-7,9-10,18H2,1-2H3,(H,19,21);1H. The summed E-state index contributed by atoms with van der Waals surface area (Å²) >= 11 is 5.93. The molecule has 1 amide bonds. The van der Waals surface area contributed by atoms with E-state index in [0.29, 0.717) is 30.1 Å². The van der Waals surface area contributed by atoms with Crippen LogP contribution in [0.2, 0.25) is 5.02 Å². The molecule has 1 aromatic rings. The van der Waals surface area contributed by atoms with Crippen LogP contribution >= 0.6 is 24.0 Å². The minimum absolute atomic E-state index is 0. The monoisotopic (exact) mass is 345 g/mol. The Kier molecular flexibility index (Phi) is 7.63. The van der Waals surface area contributed by atoms with Crippen molar-refractivity contribution in [1.29, 1.82) is 0 Å². The first-order valence-electron chi connectivity index (χ1n) is 7.49. The first kappa shape index (κ1) is 19.2. The average molecular weight is 346 g/mol. The number of carbonyl (C=O) groups excluding carboxylic acids is 1. The van der Waals surface area contributed by atoms with E-state index in [0.717, 1.165) is 30.6 Å². The number of piperidine rings is 1. The lowest BCUT2D eigenvalue weighted by molar-refractivity contribution is -0.118. The summed E-state index contributed by atoms with van der Waals surface area (Å²) in [5.74, 6) is 0.699. The molecule has 1 heterocycles. The molecule has 4 nitrogen and oxygen atoms in total. The molecule has 2 unspecified atom stereocenters. The molecule has 1 aromatic carbocycles. The lowest BCUT2D eigenvalue weighted by atomic mass is 9.92. The van der Waals surface area contributed by atoms with E-state index in [1.165, 1.54) is 0 Å². The first-order valence-corrected chi connectivity index (χ1v) is 7.87. The highest BCUT2D eigenvalue weighted by Gasteiger charge is 2.26. The molecule has 1 aliphatic heterocycles. The zero-order chi connectivity index (χ0) is 15.4. The maximum atomic E-state index is 12.2. The highest BCUT2D eigenvalue weighted by molar-refractivity contribution is 6.30. The molecule has 22 heavy (non-hydrogen) atoms. The number of halogens is 2. The quantitative estimate of drug-likeness (QED) is 0.881. The second-order valence-corrected chi connectivity index (χ2v) is 6.43. The predicted molar refractivity (Wildman–Crippen MR) is 94.9 cm³/mol. The Morgan fingerprint density at radius 2 is 2.23 bits per heavy atom. The summed E-state index contributed by atoms with van der Waals surface area (Å²) in [6.45, 7) is 6.13. The Labute approximate surface area is 143 Å². The maximum Gasteiger partial charge on any atom is 0.238 e. The second-order valence-electron chi connectivity index (χ2n) is 6.00. The summed E-state index contributed by atoms with van der Waals surface area (Å²) in [5, 5.41) is 3.64. The number of nitrogens with one attached hydrogen (secondary N) is 1. The molecule has 0 aromatic heterocycles. The molecule has 3 N–H and O–H groups in total. The highest BCUT2D eigenvalue weighted by atomic mass is 35.5. The summed E-state index contributed by atoms with van der Waals surface area (Å²) in [6.07, 6.45) is 2.20. The van der Waals surface area contributed by atoms with Gasteiger partial charge in [0, 0.05) is 23.3 Å². The van der Waals surface area contributed by atoms with Gasteiger partial charge in [-0.15, -0.1) is 12.4 Å². The molecular weight excluding hydrogens is 321 g/mol. The molecule has 0 spiro atoms. The van der Waals surface area contributed by atoms with Gasteiger partial charge in [0.05, 0.1) is 6.54 Å². The van der Waals surface area contributed by atoms with Gasteiger partial charge >= 0.3 is 0 Å². The first-order chi connectivity index (χ1) is 9.99. The van der Waals surface area contributed by atoms with Gasteiger partial charge in [0.2, 0.25) is 5.91 Å². The number of rotatable bonds is 4. The van der Waals surface area contributed by atoms with Gasteiger partial charge in [-0.25, -0.2) is 0 Å². The lowest BCUT2D eigenvalue weighted by Crippen LogP contribution is -2.49. The summed E-state index contributed by atoms with van der Waals surface area (Å²) in [5.41, 5.74) is 7.63. The van der Waals surface area contributed by atoms with Crippen molar-refractivity contribution in [3.05, 3.63) is 28.8 Å². The van der Waals surface area contributed by atoms with Crippen molar-refractivity contribution in [3.8, 4) is 0 Å². The maximum absolute atomic E-state index is 12.2. The van der Waals surface area contributed by atoms with Gasteiger partial charge in [-0.1, -0.05) is 18.5 Å². The van der Waals surface area contributed by atoms with Crippen molar-refractivity contribution in [2.24, 2.45) is 11.7 Å². The molecule has 1 fully saturated rings. The van der Waals surface area contributed by atoms with Crippen LogP contribution in [0.5, 0.6) is 0 Å². The summed E-state index contributed by atoms with van der Waals surface area (Å²) in [6, 6.07) is 5.79. The summed E-state index contributed by atoms with van der Waals surface area (Å²) in [7, 11) is 0. The van der Waals surface area contributed by atoms with Gasteiger partial charge in [-0.2, -0.15) is 0 Å². The van der Waals surface area contributed by atoms with Crippen LogP contribution in [0.4, 0.5) is 5.69 Å². The predicted octanol–water partition coefficient (Wildman–Crippen LogP) is 3.07. The summed E-state index contributed by atoms with van der Waals surface area (Å²) in [4.78, 5) is 14.4. The molecule has 1 saturated heterocycles. The van der Waals surface area contributed by atoms with Gasteiger partial charge in [0.15, 0.2) is 0 Å². The number of anilines is 1. The van der Waals surface area contributed by atoms with Crippen LogP contribution in [0.3, 0.4) is 0 Å². The van der Waals surface area contributed by atoms with Crippen LogP contribution in [-0.2, 0) is 4.79 Å². The number of hydrogen-bond donors (Lipinski definition) is 2. The Bertz CT molecular complexity index is 510. The van der Waals surface area contributed by atoms with Gasteiger partial charge in [0.1, 0.15) is 0 Å². The number of aryl methyl sites for hydroxylation is 1.